The van der Waals surface area contributed by atoms with Crippen LogP contribution in [-0.4, -0.2) is 10.9 Å². The Kier molecular flexibility index (Phi) is 5.83. The fraction of sp³-hybridized carbons (Fsp3) is 0.158. The smallest absolute Gasteiger partial charge is 0.257 e. The first-order valence-corrected chi connectivity index (χ1v) is 9.79. The summed E-state index contributed by atoms with van der Waals surface area (Å²) in [6.07, 6.45) is 0. The van der Waals surface area contributed by atoms with Gasteiger partial charge in [0.25, 0.3) is 5.91 Å². The molecule has 0 spiro atoms. The SMILES string of the molecule is Cc1ccccc1C(=O)Nc1nc(CSCc2ccc(F)cc2)cs1. The molecule has 6 heteroatoms. The van der Waals surface area contributed by atoms with Gasteiger partial charge in [-0.05, 0) is 36.2 Å². The highest BCUT2D eigenvalue weighted by Crippen LogP contribution is 2.23. The second-order valence-corrected chi connectivity index (χ2v) is 7.38. The Labute approximate surface area is 154 Å². The minimum absolute atomic E-state index is 0.141. The average Bonchev–Trinajstić information content (AvgIpc) is 3.04. The number of carbonyl (C=O) groups is 1. The molecule has 25 heavy (non-hydrogen) atoms. The van der Waals surface area contributed by atoms with Crippen molar-refractivity contribution in [2.45, 2.75) is 18.4 Å². The molecular weight excluding hydrogens is 355 g/mol. The molecule has 0 aliphatic rings. The highest BCUT2D eigenvalue weighted by molar-refractivity contribution is 7.97. The predicted molar refractivity (Wildman–Crippen MR) is 103 cm³/mol. The summed E-state index contributed by atoms with van der Waals surface area (Å²) in [7, 11) is 0. The van der Waals surface area contributed by atoms with Crippen LogP contribution in [0.25, 0.3) is 0 Å². The van der Waals surface area contributed by atoms with Gasteiger partial charge in [-0.1, -0.05) is 30.3 Å². The first kappa shape index (κ1) is 17.6. The van der Waals surface area contributed by atoms with Crippen molar-refractivity contribution in [3.8, 4) is 0 Å². The van der Waals surface area contributed by atoms with Gasteiger partial charge < -0.3 is 0 Å². The van der Waals surface area contributed by atoms with E-state index in [9.17, 15) is 9.18 Å². The Hall–Kier alpha value is -2.18. The van der Waals surface area contributed by atoms with Crippen LogP contribution in [-0.2, 0) is 11.5 Å². The number of thiazole rings is 1. The zero-order chi connectivity index (χ0) is 17.6. The number of benzene rings is 2. The number of aromatic nitrogens is 1. The highest BCUT2D eigenvalue weighted by atomic mass is 32.2. The largest absolute Gasteiger partial charge is 0.298 e. The van der Waals surface area contributed by atoms with E-state index in [0.717, 1.165) is 28.3 Å². The van der Waals surface area contributed by atoms with Gasteiger partial charge in [0.05, 0.1) is 5.69 Å². The molecule has 0 saturated carbocycles. The molecule has 0 atom stereocenters. The first-order chi connectivity index (χ1) is 12.1. The van der Waals surface area contributed by atoms with Crippen LogP contribution in [0.2, 0.25) is 0 Å². The van der Waals surface area contributed by atoms with Gasteiger partial charge in [0, 0.05) is 22.4 Å². The summed E-state index contributed by atoms with van der Waals surface area (Å²) < 4.78 is 12.9. The van der Waals surface area contributed by atoms with Crippen molar-refractivity contribution in [3.05, 3.63) is 82.1 Å². The Balaban J connectivity index is 1.53. The molecule has 0 bridgehead atoms. The fourth-order valence-electron chi connectivity index (χ4n) is 2.28. The average molecular weight is 372 g/mol. The highest BCUT2D eigenvalue weighted by Gasteiger charge is 2.11. The lowest BCUT2D eigenvalue weighted by molar-refractivity contribution is 0.102. The molecule has 128 valence electrons. The van der Waals surface area contributed by atoms with E-state index in [1.54, 1.807) is 30.0 Å². The summed E-state index contributed by atoms with van der Waals surface area (Å²) in [4.78, 5) is 16.7. The summed E-state index contributed by atoms with van der Waals surface area (Å²) in [6, 6.07) is 14.0. The summed E-state index contributed by atoms with van der Waals surface area (Å²) >= 11 is 3.13. The molecule has 0 unspecified atom stereocenters. The second kappa shape index (κ2) is 8.27. The fourth-order valence-corrected chi connectivity index (χ4v) is 3.97. The number of aryl methyl sites for hydroxylation is 1. The summed E-state index contributed by atoms with van der Waals surface area (Å²) in [5.41, 5.74) is 3.60. The van der Waals surface area contributed by atoms with Crippen molar-refractivity contribution in [3.63, 3.8) is 0 Å². The predicted octanol–water partition coefficient (Wildman–Crippen LogP) is 5.28. The zero-order valence-electron chi connectivity index (χ0n) is 13.7. The number of amides is 1. The third-order valence-electron chi connectivity index (χ3n) is 3.59. The van der Waals surface area contributed by atoms with E-state index in [4.69, 9.17) is 0 Å². The Bertz CT molecular complexity index is 862. The van der Waals surface area contributed by atoms with Crippen LogP contribution in [0, 0.1) is 12.7 Å². The monoisotopic (exact) mass is 372 g/mol. The van der Waals surface area contributed by atoms with Crippen molar-refractivity contribution in [1.29, 1.82) is 0 Å². The molecule has 0 aliphatic heterocycles. The quantitative estimate of drug-likeness (QED) is 0.640. The number of nitrogens with one attached hydrogen (secondary N) is 1. The van der Waals surface area contributed by atoms with Crippen LogP contribution in [0.4, 0.5) is 9.52 Å². The molecule has 3 aromatic rings. The number of thioether (sulfide) groups is 1. The number of hydrogen-bond donors (Lipinski definition) is 1. The molecular formula is C19H17FN2OS2. The third-order valence-corrected chi connectivity index (χ3v) is 5.44. The van der Waals surface area contributed by atoms with E-state index in [1.165, 1.54) is 23.5 Å². The van der Waals surface area contributed by atoms with Crippen LogP contribution in [0.3, 0.4) is 0 Å². The summed E-state index contributed by atoms with van der Waals surface area (Å²) in [6.45, 7) is 1.91. The normalized spacial score (nSPS) is 10.6. The summed E-state index contributed by atoms with van der Waals surface area (Å²) in [5.74, 6) is 1.18. The van der Waals surface area contributed by atoms with Gasteiger partial charge in [0.2, 0.25) is 0 Å². The van der Waals surface area contributed by atoms with Crippen molar-refractivity contribution in [2.24, 2.45) is 0 Å². The van der Waals surface area contributed by atoms with Crippen LogP contribution >= 0.6 is 23.1 Å². The molecule has 1 amide bonds. The summed E-state index contributed by atoms with van der Waals surface area (Å²) in [5, 5.41) is 5.40. The van der Waals surface area contributed by atoms with Crippen molar-refractivity contribution >= 4 is 34.1 Å². The molecule has 0 saturated heterocycles. The second-order valence-electron chi connectivity index (χ2n) is 5.53. The number of nitrogens with zero attached hydrogens (tertiary/aromatic N) is 1. The number of anilines is 1. The topological polar surface area (TPSA) is 42.0 Å². The van der Waals surface area contributed by atoms with E-state index < -0.39 is 0 Å². The number of carbonyl (C=O) groups excluding carboxylic acids is 1. The van der Waals surface area contributed by atoms with Gasteiger partial charge in [-0.15, -0.1) is 11.3 Å². The zero-order valence-corrected chi connectivity index (χ0v) is 15.3. The number of hydrogen-bond acceptors (Lipinski definition) is 4. The molecule has 0 fully saturated rings. The lowest BCUT2D eigenvalue weighted by Crippen LogP contribution is -2.13. The first-order valence-electron chi connectivity index (χ1n) is 7.75. The van der Waals surface area contributed by atoms with Gasteiger partial charge in [0.1, 0.15) is 5.82 Å². The molecule has 3 rings (SSSR count). The van der Waals surface area contributed by atoms with Gasteiger partial charge >= 0.3 is 0 Å². The van der Waals surface area contributed by atoms with E-state index in [2.05, 4.69) is 10.3 Å². The van der Waals surface area contributed by atoms with Gasteiger partial charge in [0.15, 0.2) is 5.13 Å². The Morgan fingerprint density at radius 2 is 1.92 bits per heavy atom. The molecule has 1 heterocycles. The van der Waals surface area contributed by atoms with E-state index in [0.29, 0.717) is 10.7 Å². The minimum atomic E-state index is -0.220. The third kappa shape index (κ3) is 4.90. The van der Waals surface area contributed by atoms with Crippen molar-refractivity contribution in [1.82, 2.24) is 4.98 Å². The van der Waals surface area contributed by atoms with Crippen molar-refractivity contribution in [2.75, 3.05) is 5.32 Å². The maximum Gasteiger partial charge on any atom is 0.257 e. The van der Waals surface area contributed by atoms with E-state index in [1.807, 2.05) is 30.5 Å². The van der Waals surface area contributed by atoms with Crippen LogP contribution in [0.5, 0.6) is 0 Å². The van der Waals surface area contributed by atoms with Crippen LogP contribution in [0.15, 0.2) is 53.9 Å². The minimum Gasteiger partial charge on any atom is -0.298 e. The van der Waals surface area contributed by atoms with E-state index in [-0.39, 0.29) is 11.7 Å². The molecule has 0 aliphatic carbocycles. The number of rotatable bonds is 6. The lowest BCUT2D eigenvalue weighted by atomic mass is 10.1. The van der Waals surface area contributed by atoms with Crippen LogP contribution in [0.1, 0.15) is 27.2 Å². The molecule has 1 aromatic heterocycles. The lowest BCUT2D eigenvalue weighted by Gasteiger charge is -2.04. The van der Waals surface area contributed by atoms with Gasteiger partial charge in [-0.2, -0.15) is 11.8 Å². The maximum absolute atomic E-state index is 12.9. The standard InChI is InChI=1S/C19H17FN2OS2/c1-13-4-2-3-5-17(13)18(23)22-19-21-16(12-25-19)11-24-10-14-6-8-15(20)9-7-14/h2-9,12H,10-11H2,1H3,(H,21,22,23). The maximum atomic E-state index is 12.9. The van der Waals surface area contributed by atoms with E-state index >= 15 is 0 Å². The van der Waals surface area contributed by atoms with Gasteiger partial charge in [-0.3, -0.25) is 10.1 Å². The van der Waals surface area contributed by atoms with Crippen LogP contribution < -0.4 is 5.32 Å². The molecule has 2 aromatic carbocycles. The molecule has 3 nitrogen and oxygen atoms in total. The van der Waals surface area contributed by atoms with Gasteiger partial charge in [-0.25, -0.2) is 9.37 Å². The number of halogens is 1. The Morgan fingerprint density at radius 1 is 1.16 bits per heavy atom. The molecule has 0 radical (unpaired) electrons. The Morgan fingerprint density at radius 3 is 2.68 bits per heavy atom. The molecule has 1 N–H and O–H groups in total. The van der Waals surface area contributed by atoms with Crippen molar-refractivity contribution < 1.29 is 9.18 Å².